The molecule has 1 unspecified atom stereocenters. The molecule has 3 heteroatoms. The fourth-order valence-corrected chi connectivity index (χ4v) is 1.94. The van der Waals surface area contributed by atoms with Crippen molar-refractivity contribution >= 4 is 29.0 Å². The Morgan fingerprint density at radius 1 is 1.31 bits per heavy atom. The van der Waals surface area contributed by atoms with Crippen LogP contribution < -0.4 is 0 Å². The highest BCUT2D eigenvalue weighted by atomic mass is 35.5. The van der Waals surface area contributed by atoms with E-state index < -0.39 is 0 Å². The highest BCUT2D eigenvalue weighted by Gasteiger charge is 2.12. The predicted molar refractivity (Wildman–Crippen MR) is 69.2 cm³/mol. The van der Waals surface area contributed by atoms with Crippen molar-refractivity contribution in [1.29, 1.82) is 0 Å². The SMILES string of the molecule is CCCC(C)C(=O)Cc1ccc(Cl)c(Cl)c1. The molecular formula is C13H16Cl2O. The zero-order valence-corrected chi connectivity index (χ0v) is 11.1. The van der Waals surface area contributed by atoms with E-state index in [2.05, 4.69) is 6.92 Å². The molecule has 0 amide bonds. The van der Waals surface area contributed by atoms with Gasteiger partial charge in [0.15, 0.2) is 0 Å². The summed E-state index contributed by atoms with van der Waals surface area (Å²) >= 11 is 11.7. The molecule has 0 aliphatic carbocycles. The maximum atomic E-state index is 11.8. The van der Waals surface area contributed by atoms with E-state index in [9.17, 15) is 4.79 Å². The molecule has 1 rings (SSSR count). The standard InChI is InChI=1S/C13H16Cl2O/c1-3-4-9(2)13(16)8-10-5-6-11(14)12(15)7-10/h5-7,9H,3-4,8H2,1-2H3. The van der Waals surface area contributed by atoms with Crippen molar-refractivity contribution in [2.75, 3.05) is 0 Å². The van der Waals surface area contributed by atoms with Crippen LogP contribution in [0.1, 0.15) is 32.3 Å². The van der Waals surface area contributed by atoms with Gasteiger partial charge in [0.1, 0.15) is 5.78 Å². The summed E-state index contributed by atoms with van der Waals surface area (Å²) in [6.07, 6.45) is 2.42. The van der Waals surface area contributed by atoms with Crippen molar-refractivity contribution in [2.24, 2.45) is 5.92 Å². The summed E-state index contributed by atoms with van der Waals surface area (Å²) in [4.78, 5) is 11.8. The molecule has 1 nitrogen and oxygen atoms in total. The van der Waals surface area contributed by atoms with Crippen molar-refractivity contribution in [1.82, 2.24) is 0 Å². The van der Waals surface area contributed by atoms with Crippen LogP contribution in [0, 0.1) is 5.92 Å². The Labute approximate surface area is 107 Å². The molecule has 0 aromatic heterocycles. The maximum absolute atomic E-state index is 11.8. The number of benzene rings is 1. The van der Waals surface area contributed by atoms with Crippen LogP contribution in [0.4, 0.5) is 0 Å². The molecule has 0 aliphatic heterocycles. The lowest BCUT2D eigenvalue weighted by Crippen LogP contribution is -2.13. The van der Waals surface area contributed by atoms with Gasteiger partial charge in [-0.25, -0.2) is 0 Å². The summed E-state index contributed by atoms with van der Waals surface area (Å²) in [6.45, 7) is 4.06. The second kappa shape index (κ2) is 6.27. The minimum atomic E-state index is 0.124. The van der Waals surface area contributed by atoms with E-state index in [0.717, 1.165) is 18.4 Å². The smallest absolute Gasteiger partial charge is 0.140 e. The average molecular weight is 259 g/mol. The topological polar surface area (TPSA) is 17.1 Å². The van der Waals surface area contributed by atoms with E-state index >= 15 is 0 Å². The van der Waals surface area contributed by atoms with Gasteiger partial charge in [0, 0.05) is 12.3 Å². The van der Waals surface area contributed by atoms with E-state index in [-0.39, 0.29) is 11.7 Å². The lowest BCUT2D eigenvalue weighted by molar-refractivity contribution is -0.121. The van der Waals surface area contributed by atoms with Crippen LogP contribution in [-0.4, -0.2) is 5.78 Å². The number of hydrogen-bond acceptors (Lipinski definition) is 1. The summed E-state index contributed by atoms with van der Waals surface area (Å²) in [7, 11) is 0. The molecule has 0 N–H and O–H groups in total. The molecule has 0 fully saturated rings. The zero-order chi connectivity index (χ0) is 12.1. The molecule has 16 heavy (non-hydrogen) atoms. The van der Waals surface area contributed by atoms with E-state index in [1.54, 1.807) is 12.1 Å². The van der Waals surface area contributed by atoms with Gasteiger partial charge in [-0.2, -0.15) is 0 Å². The second-order valence-corrected chi connectivity index (χ2v) is 4.90. The van der Waals surface area contributed by atoms with Crippen molar-refractivity contribution in [2.45, 2.75) is 33.1 Å². The van der Waals surface area contributed by atoms with Crippen LogP contribution in [-0.2, 0) is 11.2 Å². The monoisotopic (exact) mass is 258 g/mol. The zero-order valence-electron chi connectivity index (χ0n) is 9.59. The summed E-state index contributed by atoms with van der Waals surface area (Å²) in [5.41, 5.74) is 0.933. The van der Waals surface area contributed by atoms with Crippen molar-refractivity contribution in [3.05, 3.63) is 33.8 Å². The Bertz CT molecular complexity index is 374. The van der Waals surface area contributed by atoms with E-state index in [0.29, 0.717) is 16.5 Å². The van der Waals surface area contributed by atoms with Gasteiger partial charge in [-0.1, -0.05) is 49.5 Å². The first-order chi connectivity index (χ1) is 7.54. The third-order valence-corrected chi connectivity index (χ3v) is 3.37. The van der Waals surface area contributed by atoms with E-state index in [4.69, 9.17) is 23.2 Å². The highest BCUT2D eigenvalue weighted by molar-refractivity contribution is 6.42. The molecular weight excluding hydrogens is 243 g/mol. The first kappa shape index (κ1) is 13.5. The Balaban J connectivity index is 2.66. The van der Waals surface area contributed by atoms with E-state index in [1.165, 1.54) is 0 Å². The van der Waals surface area contributed by atoms with Gasteiger partial charge in [-0.3, -0.25) is 4.79 Å². The first-order valence-electron chi connectivity index (χ1n) is 5.51. The molecule has 88 valence electrons. The molecule has 0 saturated carbocycles. The van der Waals surface area contributed by atoms with Gasteiger partial charge in [0.25, 0.3) is 0 Å². The number of Topliss-reactive ketones (excluding diaryl/α,β-unsaturated/α-hetero) is 1. The second-order valence-electron chi connectivity index (χ2n) is 4.08. The van der Waals surface area contributed by atoms with Crippen molar-refractivity contribution < 1.29 is 4.79 Å². The number of rotatable bonds is 5. The number of ketones is 1. The molecule has 1 atom stereocenters. The highest BCUT2D eigenvalue weighted by Crippen LogP contribution is 2.23. The molecule has 0 heterocycles. The van der Waals surface area contributed by atoms with Gasteiger partial charge in [-0.05, 0) is 24.1 Å². The molecule has 0 bridgehead atoms. The number of halogens is 2. The predicted octanol–water partition coefficient (Wildman–Crippen LogP) is 4.54. The van der Waals surface area contributed by atoms with Gasteiger partial charge in [0.05, 0.1) is 10.0 Å². The first-order valence-corrected chi connectivity index (χ1v) is 6.26. The number of hydrogen-bond donors (Lipinski definition) is 0. The third kappa shape index (κ3) is 3.80. The summed E-state index contributed by atoms with van der Waals surface area (Å²) in [5, 5.41) is 1.04. The fraction of sp³-hybridized carbons (Fsp3) is 0.462. The minimum Gasteiger partial charge on any atom is -0.299 e. The molecule has 0 saturated heterocycles. The maximum Gasteiger partial charge on any atom is 0.140 e. The fourth-order valence-electron chi connectivity index (χ4n) is 1.62. The number of carbonyl (C=O) groups is 1. The Morgan fingerprint density at radius 3 is 2.56 bits per heavy atom. The summed E-state index contributed by atoms with van der Waals surface area (Å²) in [5.74, 6) is 0.389. The third-order valence-electron chi connectivity index (χ3n) is 2.63. The van der Waals surface area contributed by atoms with Crippen molar-refractivity contribution in [3.8, 4) is 0 Å². The molecule has 0 spiro atoms. The number of carbonyl (C=O) groups excluding carboxylic acids is 1. The van der Waals surface area contributed by atoms with E-state index in [1.807, 2.05) is 13.0 Å². The summed E-state index contributed by atoms with van der Waals surface area (Å²) in [6, 6.07) is 5.35. The van der Waals surface area contributed by atoms with Gasteiger partial charge in [0.2, 0.25) is 0 Å². The van der Waals surface area contributed by atoms with Gasteiger partial charge in [-0.15, -0.1) is 0 Å². The van der Waals surface area contributed by atoms with Crippen LogP contribution >= 0.6 is 23.2 Å². The van der Waals surface area contributed by atoms with Crippen LogP contribution in [0.5, 0.6) is 0 Å². The molecule has 0 radical (unpaired) electrons. The largest absolute Gasteiger partial charge is 0.299 e. The van der Waals surface area contributed by atoms with Crippen LogP contribution in [0.25, 0.3) is 0 Å². The molecule has 1 aromatic rings. The quantitative estimate of drug-likeness (QED) is 0.758. The Kier molecular flexibility index (Phi) is 5.30. The van der Waals surface area contributed by atoms with Gasteiger partial charge < -0.3 is 0 Å². The molecule has 0 aliphatic rings. The van der Waals surface area contributed by atoms with Gasteiger partial charge >= 0.3 is 0 Å². The Morgan fingerprint density at radius 2 is 2.00 bits per heavy atom. The lowest BCUT2D eigenvalue weighted by Gasteiger charge is -2.09. The van der Waals surface area contributed by atoms with Crippen LogP contribution in [0.15, 0.2) is 18.2 Å². The lowest BCUT2D eigenvalue weighted by atomic mass is 9.96. The van der Waals surface area contributed by atoms with Crippen LogP contribution in [0.2, 0.25) is 10.0 Å². The summed E-state index contributed by atoms with van der Waals surface area (Å²) < 4.78 is 0. The van der Waals surface area contributed by atoms with Crippen LogP contribution in [0.3, 0.4) is 0 Å². The minimum absolute atomic E-state index is 0.124. The Hall–Kier alpha value is -0.530. The normalized spacial score (nSPS) is 12.5. The molecule has 1 aromatic carbocycles. The average Bonchev–Trinajstić information content (AvgIpc) is 2.24. The van der Waals surface area contributed by atoms with Crippen molar-refractivity contribution in [3.63, 3.8) is 0 Å².